The molecule has 1 fully saturated rings. The molecule has 5 heteroatoms. The number of aliphatic hydroxyl groups excluding tert-OH is 1. The van der Waals surface area contributed by atoms with Gasteiger partial charge in [-0.25, -0.2) is 4.98 Å². The third-order valence-corrected chi connectivity index (χ3v) is 6.60. The van der Waals surface area contributed by atoms with Gasteiger partial charge >= 0.3 is 0 Å². The average Bonchev–Trinajstić information content (AvgIpc) is 3.08. The van der Waals surface area contributed by atoms with Crippen LogP contribution < -0.4 is 5.49 Å². The minimum atomic E-state index is -0.211. The van der Waals surface area contributed by atoms with Crippen LogP contribution in [-0.2, 0) is 6.54 Å². The van der Waals surface area contributed by atoms with Gasteiger partial charge in [-0.3, -0.25) is 5.41 Å². The largest absolute Gasteiger partial charge is 0.393 e. The molecular weight excluding hydrogens is 384 g/mol. The summed E-state index contributed by atoms with van der Waals surface area (Å²) >= 11 is 0. The van der Waals surface area contributed by atoms with Crippen LogP contribution in [-0.4, -0.2) is 25.3 Å². The van der Waals surface area contributed by atoms with Gasteiger partial charge < -0.3 is 14.2 Å². The Kier molecular flexibility index (Phi) is 5.20. The highest BCUT2D eigenvalue weighted by atomic mass is 16.3. The summed E-state index contributed by atoms with van der Waals surface area (Å²) in [6, 6.07) is 21.0. The van der Waals surface area contributed by atoms with Crippen molar-refractivity contribution in [2.75, 3.05) is 0 Å². The Balaban J connectivity index is 1.71. The van der Waals surface area contributed by atoms with Gasteiger partial charge in [0.25, 0.3) is 0 Å². The summed E-state index contributed by atoms with van der Waals surface area (Å²) in [5.74, 6) is 0. The maximum absolute atomic E-state index is 9.91. The van der Waals surface area contributed by atoms with Gasteiger partial charge in [-0.15, -0.1) is 0 Å². The number of hydrogen-bond acceptors (Lipinski definition) is 3. The van der Waals surface area contributed by atoms with Gasteiger partial charge in [0.1, 0.15) is 11.1 Å². The second-order valence-electron chi connectivity index (χ2n) is 8.56. The molecule has 2 aromatic heterocycles. The first-order chi connectivity index (χ1) is 15.1. The lowest BCUT2D eigenvalue weighted by molar-refractivity contribution is 0.109. The monoisotopic (exact) mass is 412 g/mol. The van der Waals surface area contributed by atoms with Crippen LogP contribution in [0.4, 0.5) is 0 Å². The van der Waals surface area contributed by atoms with Crippen LogP contribution in [0.1, 0.15) is 43.0 Å². The van der Waals surface area contributed by atoms with Crippen molar-refractivity contribution in [3.05, 3.63) is 83.7 Å². The highest BCUT2D eigenvalue weighted by Crippen LogP contribution is 2.33. The molecule has 0 saturated heterocycles. The minimum absolute atomic E-state index is 0.211. The van der Waals surface area contributed by atoms with Crippen molar-refractivity contribution in [1.82, 2.24) is 14.1 Å². The molecule has 1 saturated carbocycles. The molecule has 1 aliphatic carbocycles. The van der Waals surface area contributed by atoms with Crippen LogP contribution in [0.15, 0.2) is 67.0 Å². The molecule has 1 aliphatic rings. The fraction of sp³-hybridized carbons (Fsp3) is 0.308. The zero-order valence-electron chi connectivity index (χ0n) is 17.8. The van der Waals surface area contributed by atoms with Gasteiger partial charge in [-0.05, 0) is 43.7 Å². The van der Waals surface area contributed by atoms with Gasteiger partial charge in [0.05, 0.1) is 17.8 Å². The Labute approximate surface area is 182 Å². The molecule has 4 aromatic rings. The lowest BCUT2D eigenvalue weighted by Gasteiger charge is -2.27. The number of nitrogens with zero attached hydrogens (tertiary/aromatic N) is 3. The normalized spacial score (nSPS) is 19.0. The molecule has 0 amide bonds. The van der Waals surface area contributed by atoms with Crippen LogP contribution in [0.25, 0.3) is 22.2 Å². The van der Waals surface area contributed by atoms with Crippen molar-refractivity contribution in [3.8, 4) is 11.1 Å². The summed E-state index contributed by atoms with van der Waals surface area (Å²) in [5, 5.41) is 20.0. The predicted octanol–water partition coefficient (Wildman–Crippen LogP) is 4.82. The number of nitrogens with one attached hydrogen (secondary N) is 1. The maximum Gasteiger partial charge on any atom is 0.146 e. The van der Waals surface area contributed by atoms with Gasteiger partial charge in [0.15, 0.2) is 0 Å². The fourth-order valence-corrected chi connectivity index (χ4v) is 4.91. The molecule has 2 aromatic carbocycles. The summed E-state index contributed by atoms with van der Waals surface area (Å²) in [7, 11) is 0. The molecule has 5 rings (SSSR count). The Hall–Kier alpha value is -3.18. The Morgan fingerprint density at radius 3 is 2.29 bits per heavy atom. The van der Waals surface area contributed by atoms with Gasteiger partial charge in [-0.2, -0.15) is 0 Å². The second kappa shape index (κ2) is 8.16. The number of aliphatic hydroxyl groups is 1. The van der Waals surface area contributed by atoms with Crippen LogP contribution in [0.3, 0.4) is 0 Å². The van der Waals surface area contributed by atoms with Crippen LogP contribution in [0.2, 0.25) is 0 Å². The van der Waals surface area contributed by atoms with E-state index in [0.29, 0.717) is 5.49 Å². The van der Waals surface area contributed by atoms with Crippen LogP contribution in [0.5, 0.6) is 0 Å². The van der Waals surface area contributed by atoms with Crippen molar-refractivity contribution in [2.24, 2.45) is 0 Å². The first kappa shape index (κ1) is 19.8. The standard InChI is InChI=1S/C26H28N4O/c1-18-23(20-10-6-3-7-11-20)24-25(27)30(21-12-14-22(31)15-13-21)17-28-26(24)29(18)16-19-8-4-2-5-9-19/h2-11,17,21-22,27,31H,12-16H2,1H3. The van der Waals surface area contributed by atoms with Gasteiger partial charge in [-0.1, -0.05) is 60.7 Å². The predicted molar refractivity (Wildman–Crippen MR) is 123 cm³/mol. The van der Waals surface area contributed by atoms with E-state index in [1.54, 1.807) is 0 Å². The van der Waals surface area contributed by atoms with Crippen LogP contribution >= 0.6 is 0 Å². The lowest BCUT2D eigenvalue weighted by atomic mass is 9.93. The molecule has 0 radical (unpaired) electrons. The van der Waals surface area contributed by atoms with Crippen molar-refractivity contribution in [2.45, 2.75) is 51.3 Å². The average molecular weight is 413 g/mol. The highest BCUT2D eigenvalue weighted by Gasteiger charge is 2.24. The Morgan fingerprint density at radius 2 is 1.61 bits per heavy atom. The van der Waals surface area contributed by atoms with Crippen molar-refractivity contribution in [3.63, 3.8) is 0 Å². The SMILES string of the molecule is Cc1c(-c2ccccc2)c2c(=N)n(C3CCC(O)CC3)cnc2n1Cc1ccccc1. The quantitative estimate of drug-likeness (QED) is 0.505. The van der Waals surface area contributed by atoms with E-state index in [-0.39, 0.29) is 12.1 Å². The maximum atomic E-state index is 9.91. The third-order valence-electron chi connectivity index (χ3n) is 6.60. The molecule has 2 heterocycles. The van der Waals surface area contributed by atoms with E-state index in [0.717, 1.165) is 60.1 Å². The van der Waals surface area contributed by atoms with Gasteiger partial charge in [0.2, 0.25) is 0 Å². The molecule has 2 N–H and O–H groups in total. The minimum Gasteiger partial charge on any atom is -0.393 e. The molecule has 0 unspecified atom stereocenters. The first-order valence-electron chi connectivity index (χ1n) is 11.1. The van der Waals surface area contributed by atoms with E-state index in [1.165, 1.54) is 5.56 Å². The molecule has 158 valence electrons. The van der Waals surface area contributed by atoms with E-state index >= 15 is 0 Å². The van der Waals surface area contributed by atoms with E-state index in [1.807, 2.05) is 35.2 Å². The lowest BCUT2D eigenvalue weighted by Crippen LogP contribution is -2.29. The molecule has 0 aliphatic heterocycles. The van der Waals surface area contributed by atoms with Crippen molar-refractivity contribution >= 4 is 11.0 Å². The third kappa shape index (κ3) is 3.59. The molecule has 5 nitrogen and oxygen atoms in total. The molecule has 0 spiro atoms. The summed E-state index contributed by atoms with van der Waals surface area (Å²) < 4.78 is 4.26. The molecule has 31 heavy (non-hydrogen) atoms. The van der Waals surface area contributed by atoms with Gasteiger partial charge in [0, 0.05) is 23.8 Å². The number of fused-ring (bicyclic) bond motifs is 1. The highest BCUT2D eigenvalue weighted by molar-refractivity contribution is 5.95. The van der Waals surface area contributed by atoms with E-state index in [9.17, 15) is 5.11 Å². The molecule has 0 atom stereocenters. The number of benzene rings is 2. The van der Waals surface area contributed by atoms with Crippen molar-refractivity contribution < 1.29 is 5.11 Å². The summed E-state index contributed by atoms with van der Waals surface area (Å²) in [5.41, 5.74) is 5.92. The summed E-state index contributed by atoms with van der Waals surface area (Å²) in [4.78, 5) is 4.88. The molecule has 0 bridgehead atoms. The second-order valence-corrected chi connectivity index (χ2v) is 8.56. The number of hydrogen-bond donors (Lipinski definition) is 2. The Bertz CT molecular complexity index is 1250. The zero-order valence-corrected chi connectivity index (χ0v) is 17.8. The smallest absolute Gasteiger partial charge is 0.146 e. The zero-order chi connectivity index (χ0) is 21.4. The first-order valence-corrected chi connectivity index (χ1v) is 11.1. The number of rotatable bonds is 4. The van der Waals surface area contributed by atoms with Crippen LogP contribution in [0, 0.1) is 12.3 Å². The Morgan fingerprint density at radius 1 is 0.968 bits per heavy atom. The number of aromatic nitrogens is 3. The summed E-state index contributed by atoms with van der Waals surface area (Å²) in [6.45, 7) is 2.86. The topological polar surface area (TPSA) is 66.8 Å². The van der Waals surface area contributed by atoms with E-state index in [2.05, 4.69) is 47.9 Å². The fourth-order valence-electron chi connectivity index (χ4n) is 4.91. The van der Waals surface area contributed by atoms with Crippen molar-refractivity contribution in [1.29, 1.82) is 5.41 Å². The molecular formula is C26H28N4O. The van der Waals surface area contributed by atoms with E-state index in [4.69, 9.17) is 10.4 Å². The van der Waals surface area contributed by atoms with E-state index < -0.39 is 0 Å². The summed E-state index contributed by atoms with van der Waals surface area (Å²) in [6.07, 6.45) is 4.97.